The van der Waals surface area contributed by atoms with Crippen LogP contribution in [-0.4, -0.2) is 59.9 Å². The zero-order chi connectivity index (χ0) is 16.4. The Morgan fingerprint density at radius 2 is 2.08 bits per heavy atom. The van der Waals surface area contributed by atoms with Crippen LogP contribution < -0.4 is 4.74 Å². The van der Waals surface area contributed by atoms with Crippen molar-refractivity contribution in [3.63, 3.8) is 0 Å². The van der Waals surface area contributed by atoms with Gasteiger partial charge in [0.05, 0.1) is 18.9 Å². The molecule has 0 saturated carbocycles. The molecule has 0 atom stereocenters. The molecular formula is C17H19N3O4. The maximum absolute atomic E-state index is 12.2. The molecule has 1 aromatic carbocycles. The number of carbonyl (C=O) groups is 1. The summed E-state index contributed by atoms with van der Waals surface area (Å²) in [5.41, 5.74) is 1.20. The van der Waals surface area contributed by atoms with Crippen molar-refractivity contribution < 1.29 is 19.0 Å². The van der Waals surface area contributed by atoms with Crippen LogP contribution in [0.1, 0.15) is 16.3 Å². The minimum atomic E-state index is -0.400. The molecule has 0 amide bonds. The number of imidazole rings is 1. The average molecular weight is 329 g/mol. The van der Waals surface area contributed by atoms with Crippen LogP contribution in [0.3, 0.4) is 0 Å². The number of hydrogen-bond acceptors (Lipinski definition) is 6. The number of nitrogens with zero attached hydrogens (tertiary/aromatic N) is 3. The minimum absolute atomic E-state index is 0.312. The summed E-state index contributed by atoms with van der Waals surface area (Å²) < 4.78 is 18.2. The fourth-order valence-corrected chi connectivity index (χ4v) is 2.91. The van der Waals surface area contributed by atoms with Gasteiger partial charge in [0.25, 0.3) is 0 Å². The van der Waals surface area contributed by atoms with Crippen molar-refractivity contribution in [2.24, 2.45) is 0 Å². The molecule has 1 saturated heterocycles. The van der Waals surface area contributed by atoms with E-state index in [1.54, 1.807) is 6.20 Å². The van der Waals surface area contributed by atoms with E-state index in [0.717, 1.165) is 37.7 Å². The van der Waals surface area contributed by atoms with Gasteiger partial charge in [-0.05, 0) is 12.1 Å². The van der Waals surface area contributed by atoms with Crippen LogP contribution in [0.4, 0.5) is 0 Å². The smallest absolute Gasteiger partial charge is 0.358 e. The predicted octanol–water partition coefficient (Wildman–Crippen LogP) is 1.25. The molecule has 4 rings (SSSR count). The van der Waals surface area contributed by atoms with Crippen molar-refractivity contribution in [2.75, 3.05) is 39.5 Å². The number of benzene rings is 1. The number of fused-ring (bicyclic) bond motifs is 3. The van der Waals surface area contributed by atoms with E-state index in [0.29, 0.717) is 31.3 Å². The first kappa shape index (κ1) is 15.2. The van der Waals surface area contributed by atoms with Crippen LogP contribution in [0.2, 0.25) is 0 Å². The highest BCUT2D eigenvalue weighted by Gasteiger charge is 2.22. The molecule has 2 aromatic rings. The summed E-state index contributed by atoms with van der Waals surface area (Å²) in [7, 11) is 0. The summed E-state index contributed by atoms with van der Waals surface area (Å²) in [5.74, 6) is 1.09. The molecule has 3 heterocycles. The number of rotatable bonds is 4. The number of carbonyl (C=O) groups excluding carboxylic acids is 1. The average Bonchev–Trinajstić information content (AvgIpc) is 3.07. The first-order valence-electron chi connectivity index (χ1n) is 8.09. The van der Waals surface area contributed by atoms with Gasteiger partial charge in [-0.1, -0.05) is 12.1 Å². The first-order chi connectivity index (χ1) is 11.8. The van der Waals surface area contributed by atoms with Crippen LogP contribution in [0.5, 0.6) is 5.75 Å². The second kappa shape index (κ2) is 6.62. The topological polar surface area (TPSA) is 65.8 Å². The molecule has 126 valence electrons. The maximum Gasteiger partial charge on any atom is 0.358 e. The monoisotopic (exact) mass is 329 g/mol. The Labute approximate surface area is 139 Å². The quantitative estimate of drug-likeness (QED) is 0.787. The van der Waals surface area contributed by atoms with E-state index in [2.05, 4.69) is 9.88 Å². The van der Waals surface area contributed by atoms with E-state index in [1.807, 2.05) is 28.8 Å². The van der Waals surface area contributed by atoms with Crippen molar-refractivity contribution in [1.82, 2.24) is 14.5 Å². The van der Waals surface area contributed by atoms with Gasteiger partial charge in [0.2, 0.25) is 0 Å². The fourth-order valence-electron chi connectivity index (χ4n) is 2.91. The summed E-state index contributed by atoms with van der Waals surface area (Å²) in [6, 6.07) is 7.69. The molecule has 0 spiro atoms. The third kappa shape index (κ3) is 3.00. The van der Waals surface area contributed by atoms with Gasteiger partial charge in [-0.2, -0.15) is 0 Å². The molecule has 2 aliphatic rings. The lowest BCUT2D eigenvalue weighted by atomic mass is 10.2. The first-order valence-corrected chi connectivity index (χ1v) is 8.09. The van der Waals surface area contributed by atoms with Crippen LogP contribution in [0.25, 0.3) is 5.69 Å². The Morgan fingerprint density at radius 3 is 2.96 bits per heavy atom. The zero-order valence-electron chi connectivity index (χ0n) is 13.3. The SMILES string of the molecule is O=C(OCCN1CCOCC1)c1cn2c(n1)COc1ccccc1-2. The largest absolute Gasteiger partial charge is 0.483 e. The standard InChI is InChI=1S/C17H19N3O4/c21-17(23-10-7-19-5-8-22-9-6-19)13-11-20-14-3-1-2-4-15(14)24-12-16(20)18-13/h1-4,11H,5-10,12H2. The molecule has 2 aliphatic heterocycles. The van der Waals surface area contributed by atoms with Gasteiger partial charge in [0.15, 0.2) is 11.5 Å². The Hall–Kier alpha value is -2.38. The van der Waals surface area contributed by atoms with E-state index >= 15 is 0 Å². The van der Waals surface area contributed by atoms with E-state index in [-0.39, 0.29) is 0 Å². The van der Waals surface area contributed by atoms with Crippen molar-refractivity contribution in [2.45, 2.75) is 6.61 Å². The lowest BCUT2D eigenvalue weighted by Gasteiger charge is -2.26. The van der Waals surface area contributed by atoms with Crippen LogP contribution in [0.15, 0.2) is 30.5 Å². The summed E-state index contributed by atoms with van der Waals surface area (Å²) in [4.78, 5) is 18.8. The lowest BCUT2D eigenvalue weighted by molar-refractivity contribution is 0.0193. The molecule has 1 aromatic heterocycles. The molecule has 7 nitrogen and oxygen atoms in total. The van der Waals surface area contributed by atoms with Gasteiger partial charge in [-0.3, -0.25) is 9.47 Å². The Bertz CT molecular complexity index is 737. The van der Waals surface area contributed by atoms with E-state index in [9.17, 15) is 4.79 Å². The van der Waals surface area contributed by atoms with Crippen molar-refractivity contribution in [1.29, 1.82) is 0 Å². The van der Waals surface area contributed by atoms with Gasteiger partial charge >= 0.3 is 5.97 Å². The van der Waals surface area contributed by atoms with Gasteiger partial charge < -0.3 is 14.2 Å². The third-order valence-electron chi connectivity index (χ3n) is 4.21. The molecule has 24 heavy (non-hydrogen) atoms. The number of aromatic nitrogens is 2. The molecule has 0 radical (unpaired) electrons. The Kier molecular flexibility index (Phi) is 4.18. The fraction of sp³-hybridized carbons (Fsp3) is 0.412. The number of ether oxygens (including phenoxy) is 3. The highest BCUT2D eigenvalue weighted by molar-refractivity contribution is 5.87. The second-order valence-corrected chi connectivity index (χ2v) is 5.76. The van der Waals surface area contributed by atoms with Crippen molar-refractivity contribution in [3.05, 3.63) is 42.0 Å². The predicted molar refractivity (Wildman–Crippen MR) is 85.4 cm³/mol. The van der Waals surface area contributed by atoms with E-state index < -0.39 is 5.97 Å². The number of morpholine rings is 1. The third-order valence-corrected chi connectivity index (χ3v) is 4.21. The second-order valence-electron chi connectivity index (χ2n) is 5.76. The number of para-hydroxylation sites is 2. The van der Waals surface area contributed by atoms with Crippen LogP contribution >= 0.6 is 0 Å². The maximum atomic E-state index is 12.2. The molecule has 0 N–H and O–H groups in total. The number of esters is 1. The molecule has 0 unspecified atom stereocenters. The Balaban J connectivity index is 1.40. The summed E-state index contributed by atoms with van der Waals surface area (Å²) in [5, 5.41) is 0. The summed E-state index contributed by atoms with van der Waals surface area (Å²) >= 11 is 0. The van der Waals surface area contributed by atoms with Crippen LogP contribution in [-0.2, 0) is 16.1 Å². The molecule has 0 aliphatic carbocycles. The minimum Gasteiger partial charge on any atom is -0.483 e. The van der Waals surface area contributed by atoms with Gasteiger partial charge in [0, 0.05) is 25.8 Å². The van der Waals surface area contributed by atoms with Gasteiger partial charge in [0.1, 0.15) is 19.0 Å². The van der Waals surface area contributed by atoms with Gasteiger partial charge in [-0.25, -0.2) is 9.78 Å². The lowest BCUT2D eigenvalue weighted by Crippen LogP contribution is -2.38. The van der Waals surface area contributed by atoms with Crippen LogP contribution in [0, 0.1) is 0 Å². The van der Waals surface area contributed by atoms with E-state index in [4.69, 9.17) is 14.2 Å². The highest BCUT2D eigenvalue weighted by Crippen LogP contribution is 2.29. The van der Waals surface area contributed by atoms with Gasteiger partial charge in [-0.15, -0.1) is 0 Å². The number of hydrogen-bond donors (Lipinski definition) is 0. The zero-order valence-corrected chi connectivity index (χ0v) is 13.3. The normalized spacial score (nSPS) is 16.8. The van der Waals surface area contributed by atoms with E-state index in [1.165, 1.54) is 0 Å². The van der Waals surface area contributed by atoms with Crippen molar-refractivity contribution in [3.8, 4) is 11.4 Å². The molecule has 1 fully saturated rings. The summed E-state index contributed by atoms with van der Waals surface area (Å²) in [6.45, 7) is 4.65. The molecule has 0 bridgehead atoms. The Morgan fingerprint density at radius 1 is 1.25 bits per heavy atom. The molecular weight excluding hydrogens is 310 g/mol. The molecule has 7 heteroatoms. The highest BCUT2D eigenvalue weighted by atomic mass is 16.5. The summed E-state index contributed by atoms with van der Waals surface area (Å²) in [6.07, 6.45) is 1.72. The van der Waals surface area contributed by atoms with Crippen molar-refractivity contribution >= 4 is 5.97 Å².